The lowest BCUT2D eigenvalue weighted by atomic mass is 9.90. The molecule has 2 saturated heterocycles. The Morgan fingerprint density at radius 2 is 1.82 bits per heavy atom. The van der Waals surface area contributed by atoms with E-state index in [1.807, 2.05) is 6.20 Å². The van der Waals surface area contributed by atoms with Gasteiger partial charge in [-0.15, -0.1) is 0 Å². The maximum Gasteiger partial charge on any atom is 0.0807 e. The number of nitrogens with zero attached hydrogens (tertiary/aromatic N) is 3. The summed E-state index contributed by atoms with van der Waals surface area (Å²) in [5.74, 6) is 0.473. The fraction of sp³-hybridized carbons (Fsp3) is 0.722. The van der Waals surface area contributed by atoms with E-state index in [0.29, 0.717) is 5.92 Å². The van der Waals surface area contributed by atoms with Gasteiger partial charge in [0.15, 0.2) is 0 Å². The van der Waals surface area contributed by atoms with Gasteiger partial charge in [-0.25, -0.2) is 0 Å². The zero-order valence-corrected chi connectivity index (χ0v) is 14.0. The second-order valence-corrected chi connectivity index (χ2v) is 7.29. The highest BCUT2D eigenvalue weighted by Crippen LogP contribution is 2.28. The van der Waals surface area contributed by atoms with Crippen molar-refractivity contribution in [1.82, 2.24) is 9.88 Å². The van der Waals surface area contributed by atoms with Crippen molar-refractivity contribution in [3.05, 3.63) is 24.0 Å². The van der Waals surface area contributed by atoms with Gasteiger partial charge in [-0.3, -0.25) is 4.98 Å². The van der Waals surface area contributed by atoms with Gasteiger partial charge < -0.3 is 14.9 Å². The van der Waals surface area contributed by atoms with Gasteiger partial charge in [0.05, 0.1) is 17.5 Å². The Hall–Kier alpha value is -1.13. The molecule has 1 aromatic heterocycles. The third kappa shape index (κ3) is 3.61. The van der Waals surface area contributed by atoms with E-state index >= 15 is 0 Å². The molecule has 0 aromatic carbocycles. The molecule has 0 radical (unpaired) electrons. The second-order valence-electron chi connectivity index (χ2n) is 7.29. The Balaban J connectivity index is 1.56. The van der Waals surface area contributed by atoms with Crippen molar-refractivity contribution in [2.24, 2.45) is 0 Å². The van der Waals surface area contributed by atoms with Crippen LogP contribution in [0.15, 0.2) is 18.3 Å². The minimum absolute atomic E-state index is 0.473. The first-order chi connectivity index (χ1) is 10.6. The molecule has 1 N–H and O–H groups in total. The average Bonchev–Trinajstić information content (AvgIpc) is 3.00. The molecule has 1 aromatic rings. The van der Waals surface area contributed by atoms with Crippen LogP contribution in [0.25, 0.3) is 0 Å². The molecule has 22 heavy (non-hydrogen) atoms. The number of anilines is 1. The highest BCUT2D eigenvalue weighted by molar-refractivity contribution is 5.45. The summed E-state index contributed by atoms with van der Waals surface area (Å²) in [6, 6.07) is 4.30. The first-order valence-electron chi connectivity index (χ1n) is 8.71. The van der Waals surface area contributed by atoms with E-state index in [1.165, 1.54) is 18.5 Å². The van der Waals surface area contributed by atoms with Gasteiger partial charge in [0.25, 0.3) is 0 Å². The van der Waals surface area contributed by atoms with Crippen LogP contribution in [0.5, 0.6) is 0 Å². The predicted octanol–water partition coefficient (Wildman–Crippen LogP) is 2.63. The number of pyridine rings is 1. The van der Waals surface area contributed by atoms with Gasteiger partial charge >= 0.3 is 0 Å². The van der Waals surface area contributed by atoms with Gasteiger partial charge in [-0.1, -0.05) is 13.8 Å². The second kappa shape index (κ2) is 6.55. The Kier molecular flexibility index (Phi) is 4.69. The molecular weight excluding hydrogens is 274 g/mol. The van der Waals surface area contributed by atoms with Crippen molar-refractivity contribution in [3.8, 4) is 0 Å². The number of aromatic nitrogens is 1. The number of rotatable bonds is 4. The molecule has 2 fully saturated rings. The van der Waals surface area contributed by atoms with Gasteiger partial charge in [0.2, 0.25) is 0 Å². The van der Waals surface area contributed by atoms with E-state index in [2.05, 4.69) is 40.8 Å². The molecule has 0 amide bonds. The molecular formula is C18H29N3O. The molecule has 2 aliphatic heterocycles. The maximum absolute atomic E-state index is 10.8. The molecule has 0 spiro atoms. The molecule has 3 heterocycles. The molecule has 4 heteroatoms. The minimum Gasteiger partial charge on any atom is -0.388 e. The fourth-order valence-electron chi connectivity index (χ4n) is 3.62. The first-order valence-corrected chi connectivity index (χ1v) is 8.71. The summed E-state index contributed by atoms with van der Waals surface area (Å²) in [6.45, 7) is 9.35. The third-order valence-electron chi connectivity index (χ3n) is 5.14. The summed E-state index contributed by atoms with van der Waals surface area (Å²) < 4.78 is 0. The van der Waals surface area contributed by atoms with E-state index < -0.39 is 5.60 Å². The average molecular weight is 303 g/mol. The maximum atomic E-state index is 10.8. The summed E-state index contributed by atoms with van der Waals surface area (Å²) in [5.41, 5.74) is 1.84. The monoisotopic (exact) mass is 303 g/mol. The highest BCUT2D eigenvalue weighted by atomic mass is 16.3. The van der Waals surface area contributed by atoms with E-state index in [9.17, 15) is 5.11 Å². The normalized spacial score (nSPS) is 22.5. The molecule has 4 nitrogen and oxygen atoms in total. The van der Waals surface area contributed by atoms with Crippen molar-refractivity contribution in [3.63, 3.8) is 0 Å². The lowest BCUT2D eigenvalue weighted by Crippen LogP contribution is -2.50. The smallest absolute Gasteiger partial charge is 0.0807 e. The van der Waals surface area contributed by atoms with Crippen LogP contribution >= 0.6 is 0 Å². The van der Waals surface area contributed by atoms with E-state index in [4.69, 9.17) is 0 Å². The number of aliphatic hydroxyl groups is 1. The quantitative estimate of drug-likeness (QED) is 0.928. The van der Waals surface area contributed by atoms with Crippen molar-refractivity contribution < 1.29 is 5.11 Å². The van der Waals surface area contributed by atoms with Crippen molar-refractivity contribution in [2.45, 2.75) is 51.0 Å². The van der Waals surface area contributed by atoms with Gasteiger partial charge in [0, 0.05) is 25.3 Å². The molecule has 3 rings (SSSR count). The van der Waals surface area contributed by atoms with Crippen LogP contribution in [0.1, 0.15) is 51.1 Å². The van der Waals surface area contributed by atoms with Crippen LogP contribution in [0, 0.1) is 0 Å². The molecule has 122 valence electrons. The van der Waals surface area contributed by atoms with Crippen LogP contribution in [-0.2, 0) is 0 Å². The molecule has 0 saturated carbocycles. The van der Waals surface area contributed by atoms with E-state index in [1.54, 1.807) is 0 Å². The zero-order valence-electron chi connectivity index (χ0n) is 14.0. The Morgan fingerprint density at radius 3 is 2.36 bits per heavy atom. The van der Waals surface area contributed by atoms with Crippen molar-refractivity contribution in [2.75, 3.05) is 37.6 Å². The topological polar surface area (TPSA) is 39.6 Å². The number of hydrogen-bond acceptors (Lipinski definition) is 4. The van der Waals surface area contributed by atoms with Crippen molar-refractivity contribution in [1.29, 1.82) is 0 Å². The van der Waals surface area contributed by atoms with Crippen LogP contribution < -0.4 is 4.90 Å². The predicted molar refractivity (Wildman–Crippen MR) is 90.4 cm³/mol. The standard InChI is InChI=1S/C18H29N3O/c1-15(2)17-6-5-16(13-19-17)21-11-7-18(22,8-12-21)14-20-9-3-4-10-20/h5-6,13,15,22H,3-4,7-12,14H2,1-2H3. The zero-order chi connectivity index (χ0) is 15.6. The van der Waals surface area contributed by atoms with Gasteiger partial charge in [-0.05, 0) is 56.8 Å². The van der Waals surface area contributed by atoms with Gasteiger partial charge in [0.1, 0.15) is 0 Å². The fourth-order valence-corrected chi connectivity index (χ4v) is 3.62. The number of piperidine rings is 1. The summed E-state index contributed by atoms with van der Waals surface area (Å²) in [6.07, 6.45) is 6.27. The van der Waals surface area contributed by atoms with Crippen molar-refractivity contribution >= 4 is 5.69 Å². The number of likely N-dealkylation sites (tertiary alicyclic amines) is 1. The lowest BCUT2D eigenvalue weighted by Gasteiger charge is -2.41. The molecule has 0 bridgehead atoms. The van der Waals surface area contributed by atoms with Gasteiger partial charge in [-0.2, -0.15) is 0 Å². The van der Waals surface area contributed by atoms with Crippen LogP contribution in [0.2, 0.25) is 0 Å². The lowest BCUT2D eigenvalue weighted by molar-refractivity contribution is -0.0111. The largest absolute Gasteiger partial charge is 0.388 e. The number of hydrogen-bond donors (Lipinski definition) is 1. The number of β-amino-alcohol motifs (C(OH)–C–C–N with tert-alkyl or cyclic N) is 1. The Labute approximate surface area is 134 Å². The molecule has 0 aliphatic carbocycles. The molecule has 2 aliphatic rings. The third-order valence-corrected chi connectivity index (χ3v) is 5.14. The van der Waals surface area contributed by atoms with E-state index in [0.717, 1.165) is 51.3 Å². The SMILES string of the molecule is CC(C)c1ccc(N2CCC(O)(CN3CCCC3)CC2)cn1. The Morgan fingerprint density at radius 1 is 1.14 bits per heavy atom. The summed E-state index contributed by atoms with van der Waals surface area (Å²) in [4.78, 5) is 9.34. The minimum atomic E-state index is -0.494. The summed E-state index contributed by atoms with van der Waals surface area (Å²) >= 11 is 0. The van der Waals surface area contributed by atoms with Crippen LogP contribution in [0.3, 0.4) is 0 Å². The van der Waals surface area contributed by atoms with Crippen LogP contribution in [-0.4, -0.2) is 53.3 Å². The highest BCUT2D eigenvalue weighted by Gasteiger charge is 2.34. The molecule has 0 atom stereocenters. The summed E-state index contributed by atoms with van der Waals surface area (Å²) in [5, 5.41) is 10.8. The van der Waals surface area contributed by atoms with E-state index in [-0.39, 0.29) is 0 Å². The first kappa shape index (κ1) is 15.8. The van der Waals surface area contributed by atoms with Crippen LogP contribution in [0.4, 0.5) is 5.69 Å². The molecule has 0 unspecified atom stereocenters. The summed E-state index contributed by atoms with van der Waals surface area (Å²) in [7, 11) is 0. The Bertz CT molecular complexity index is 472.